The predicted octanol–water partition coefficient (Wildman–Crippen LogP) is 3.80. The number of halogens is 2. The van der Waals surface area contributed by atoms with E-state index in [1.54, 1.807) is 24.3 Å². The molecule has 0 bridgehead atoms. The largest absolute Gasteiger partial charge is 0.259 e. The van der Waals surface area contributed by atoms with Crippen molar-refractivity contribution in [1.29, 1.82) is 5.26 Å². The number of hydrogen-bond donors (Lipinski definition) is 0. The molecule has 20 heavy (non-hydrogen) atoms. The summed E-state index contributed by atoms with van der Waals surface area (Å²) < 4.78 is 25.2. The van der Waals surface area contributed by atoms with Gasteiger partial charge in [0.25, 0.3) is 0 Å². The molecule has 0 aromatic heterocycles. The summed E-state index contributed by atoms with van der Waals surface area (Å²) in [5.41, 5.74) is 1.59. The molecule has 1 unspecified atom stereocenters. The van der Waals surface area contributed by atoms with Gasteiger partial charge in [-0.15, -0.1) is 0 Å². The van der Waals surface area contributed by atoms with E-state index in [0.717, 1.165) is 5.56 Å². The van der Waals surface area contributed by atoms with E-state index in [1.807, 2.05) is 12.1 Å². The zero-order valence-electron chi connectivity index (χ0n) is 10.5. The van der Waals surface area contributed by atoms with Crippen molar-refractivity contribution in [2.45, 2.75) is 11.5 Å². The molecule has 0 saturated heterocycles. The number of nitriles is 1. The summed E-state index contributed by atoms with van der Waals surface area (Å²) in [6.45, 7) is 0. The van der Waals surface area contributed by atoms with Crippen LogP contribution in [-0.4, -0.2) is 4.21 Å². The molecule has 2 aromatic rings. The summed E-state index contributed by atoms with van der Waals surface area (Å²) in [5.74, 6) is 0.133. The lowest BCUT2D eigenvalue weighted by atomic mass is 10.1. The molecule has 0 aliphatic heterocycles. The first-order chi connectivity index (χ1) is 9.58. The van der Waals surface area contributed by atoms with Gasteiger partial charge in [0.15, 0.2) is 0 Å². The summed E-state index contributed by atoms with van der Waals surface area (Å²) in [6.07, 6.45) is 0. The molecule has 2 aromatic carbocycles. The highest BCUT2D eigenvalue weighted by molar-refractivity contribution is 7.83. The SMILES string of the molecule is N#Cc1cc(CS(=O)Cc2ccc(Cl)cc2)ccc1F. The molecule has 0 aliphatic rings. The van der Waals surface area contributed by atoms with Gasteiger partial charge in [-0.05, 0) is 35.4 Å². The Morgan fingerprint density at radius 1 is 1.10 bits per heavy atom. The highest BCUT2D eigenvalue weighted by Gasteiger charge is 2.07. The first-order valence-corrected chi connectivity index (χ1v) is 7.73. The molecule has 0 heterocycles. The summed E-state index contributed by atoms with van der Waals surface area (Å²) >= 11 is 5.78. The normalized spacial score (nSPS) is 11.8. The highest BCUT2D eigenvalue weighted by atomic mass is 35.5. The van der Waals surface area contributed by atoms with Crippen LogP contribution >= 0.6 is 11.6 Å². The second kappa shape index (κ2) is 6.65. The molecule has 0 radical (unpaired) electrons. The first kappa shape index (κ1) is 14.7. The van der Waals surface area contributed by atoms with E-state index in [1.165, 1.54) is 12.1 Å². The van der Waals surface area contributed by atoms with Gasteiger partial charge in [-0.2, -0.15) is 5.26 Å². The number of benzene rings is 2. The van der Waals surface area contributed by atoms with Crippen molar-refractivity contribution in [3.8, 4) is 6.07 Å². The molecule has 0 amide bonds. The van der Waals surface area contributed by atoms with Crippen LogP contribution in [0.4, 0.5) is 4.39 Å². The molecular formula is C15H11ClFNOS. The zero-order valence-corrected chi connectivity index (χ0v) is 12.0. The first-order valence-electron chi connectivity index (χ1n) is 5.86. The standard InChI is InChI=1S/C15H11ClFNOS/c16-14-4-1-11(2-5-14)9-20(19)10-12-3-6-15(17)13(7-12)8-18/h1-7H,9-10H2. The van der Waals surface area contributed by atoms with Gasteiger partial charge in [-0.3, -0.25) is 4.21 Å². The molecule has 0 saturated carbocycles. The molecule has 2 nitrogen and oxygen atoms in total. The van der Waals surface area contributed by atoms with Crippen molar-refractivity contribution in [3.05, 3.63) is 70.0 Å². The smallest absolute Gasteiger partial charge is 0.140 e. The zero-order chi connectivity index (χ0) is 14.5. The molecule has 1 atom stereocenters. The van der Waals surface area contributed by atoms with Gasteiger partial charge in [0, 0.05) is 27.3 Å². The van der Waals surface area contributed by atoms with Gasteiger partial charge in [-0.25, -0.2) is 4.39 Å². The third-order valence-corrected chi connectivity index (χ3v) is 4.28. The van der Waals surface area contributed by atoms with Gasteiger partial charge < -0.3 is 0 Å². The summed E-state index contributed by atoms with van der Waals surface area (Å²) in [6, 6.07) is 13.1. The number of hydrogen-bond acceptors (Lipinski definition) is 2. The van der Waals surface area contributed by atoms with Crippen molar-refractivity contribution in [1.82, 2.24) is 0 Å². The van der Waals surface area contributed by atoms with Gasteiger partial charge in [-0.1, -0.05) is 29.8 Å². The Kier molecular flexibility index (Phi) is 4.89. The van der Waals surface area contributed by atoms with Crippen molar-refractivity contribution >= 4 is 22.4 Å². The summed E-state index contributed by atoms with van der Waals surface area (Å²) in [4.78, 5) is 0. The molecular weight excluding hydrogens is 297 g/mol. The Hall–Kier alpha value is -1.70. The van der Waals surface area contributed by atoms with Gasteiger partial charge >= 0.3 is 0 Å². The van der Waals surface area contributed by atoms with Crippen LogP contribution < -0.4 is 0 Å². The number of rotatable bonds is 4. The Morgan fingerprint density at radius 2 is 1.70 bits per heavy atom. The minimum Gasteiger partial charge on any atom is -0.259 e. The lowest BCUT2D eigenvalue weighted by Crippen LogP contribution is -2.00. The third-order valence-electron chi connectivity index (χ3n) is 2.72. The van der Waals surface area contributed by atoms with E-state index in [2.05, 4.69) is 0 Å². The molecule has 102 valence electrons. The van der Waals surface area contributed by atoms with E-state index in [9.17, 15) is 8.60 Å². The topological polar surface area (TPSA) is 40.9 Å². The van der Waals surface area contributed by atoms with Crippen LogP contribution in [0.25, 0.3) is 0 Å². The second-order valence-corrected chi connectivity index (χ2v) is 6.17. The Labute approximate surface area is 124 Å². The van der Waals surface area contributed by atoms with Crippen molar-refractivity contribution in [2.24, 2.45) is 0 Å². The Balaban J connectivity index is 2.05. The third kappa shape index (κ3) is 3.89. The molecule has 0 aliphatic carbocycles. The van der Waals surface area contributed by atoms with E-state index in [-0.39, 0.29) is 11.3 Å². The molecule has 2 rings (SSSR count). The van der Waals surface area contributed by atoms with E-state index >= 15 is 0 Å². The van der Waals surface area contributed by atoms with Crippen molar-refractivity contribution < 1.29 is 8.60 Å². The quantitative estimate of drug-likeness (QED) is 0.862. The highest BCUT2D eigenvalue weighted by Crippen LogP contribution is 2.15. The van der Waals surface area contributed by atoms with E-state index < -0.39 is 16.6 Å². The minimum absolute atomic E-state index is 0.0222. The number of nitrogens with zero attached hydrogens (tertiary/aromatic N) is 1. The second-order valence-electron chi connectivity index (χ2n) is 4.28. The van der Waals surface area contributed by atoms with Crippen LogP contribution in [-0.2, 0) is 22.3 Å². The Morgan fingerprint density at radius 3 is 2.35 bits per heavy atom. The maximum absolute atomic E-state index is 13.2. The van der Waals surface area contributed by atoms with Gasteiger partial charge in [0.2, 0.25) is 0 Å². The van der Waals surface area contributed by atoms with Crippen LogP contribution in [0, 0.1) is 17.1 Å². The molecule has 0 spiro atoms. The van der Waals surface area contributed by atoms with Gasteiger partial charge in [0.1, 0.15) is 11.9 Å². The predicted molar refractivity (Wildman–Crippen MR) is 78.1 cm³/mol. The molecule has 0 fully saturated rings. The maximum Gasteiger partial charge on any atom is 0.140 e. The lowest BCUT2D eigenvalue weighted by Gasteiger charge is -2.04. The fourth-order valence-corrected chi connectivity index (χ4v) is 3.09. The van der Waals surface area contributed by atoms with Crippen LogP contribution in [0.15, 0.2) is 42.5 Å². The molecule has 5 heteroatoms. The van der Waals surface area contributed by atoms with E-state index in [0.29, 0.717) is 16.3 Å². The van der Waals surface area contributed by atoms with Crippen LogP contribution in [0.3, 0.4) is 0 Å². The monoisotopic (exact) mass is 307 g/mol. The van der Waals surface area contributed by atoms with Crippen LogP contribution in [0.1, 0.15) is 16.7 Å². The van der Waals surface area contributed by atoms with Crippen molar-refractivity contribution in [3.63, 3.8) is 0 Å². The fraction of sp³-hybridized carbons (Fsp3) is 0.133. The lowest BCUT2D eigenvalue weighted by molar-refractivity contribution is 0.623. The average Bonchev–Trinajstić information content (AvgIpc) is 2.43. The van der Waals surface area contributed by atoms with Crippen molar-refractivity contribution in [2.75, 3.05) is 0 Å². The summed E-state index contributed by atoms with van der Waals surface area (Å²) in [7, 11) is -1.12. The minimum atomic E-state index is -1.12. The van der Waals surface area contributed by atoms with Crippen LogP contribution in [0.2, 0.25) is 5.02 Å². The maximum atomic E-state index is 13.2. The van der Waals surface area contributed by atoms with Gasteiger partial charge in [0.05, 0.1) is 5.56 Å². The van der Waals surface area contributed by atoms with E-state index in [4.69, 9.17) is 16.9 Å². The summed E-state index contributed by atoms with van der Waals surface area (Å²) in [5, 5.41) is 9.40. The fourth-order valence-electron chi connectivity index (χ4n) is 1.75. The van der Waals surface area contributed by atoms with Crippen LogP contribution in [0.5, 0.6) is 0 Å². The molecule has 0 N–H and O–H groups in total. The average molecular weight is 308 g/mol. The Bertz CT molecular complexity index is 679.